The number of Topliss-reactive ketones (excluding diaryl/α,β-unsaturated/α-hetero) is 1. The number of nitro benzene ring substituents is 1. The average molecular weight is 307 g/mol. The van der Waals surface area contributed by atoms with Gasteiger partial charge in [0.15, 0.2) is 17.3 Å². The SMILES string of the molecule is COc1cc(C(=O)C(C)C)c([N+](=O)[O-])cc1OC1CCCC1. The highest BCUT2D eigenvalue weighted by molar-refractivity contribution is 6.01. The predicted molar refractivity (Wildman–Crippen MR) is 81.7 cm³/mol. The smallest absolute Gasteiger partial charge is 0.284 e. The maximum atomic E-state index is 12.2. The van der Waals surface area contributed by atoms with Crippen molar-refractivity contribution in [2.24, 2.45) is 5.92 Å². The maximum Gasteiger partial charge on any atom is 0.284 e. The van der Waals surface area contributed by atoms with Gasteiger partial charge in [0.25, 0.3) is 5.69 Å². The van der Waals surface area contributed by atoms with Gasteiger partial charge in [0.05, 0.1) is 29.8 Å². The summed E-state index contributed by atoms with van der Waals surface area (Å²) in [6.07, 6.45) is 4.12. The van der Waals surface area contributed by atoms with Crippen LogP contribution in [0.3, 0.4) is 0 Å². The van der Waals surface area contributed by atoms with Gasteiger partial charge in [0, 0.05) is 12.0 Å². The molecule has 1 aliphatic carbocycles. The summed E-state index contributed by atoms with van der Waals surface area (Å²) in [7, 11) is 1.46. The first-order valence-corrected chi connectivity index (χ1v) is 7.51. The first kappa shape index (κ1) is 16.3. The zero-order valence-electron chi connectivity index (χ0n) is 13.1. The second-order valence-electron chi connectivity index (χ2n) is 5.82. The van der Waals surface area contributed by atoms with Crippen LogP contribution >= 0.6 is 0 Å². The van der Waals surface area contributed by atoms with Crippen LogP contribution in [0.1, 0.15) is 49.9 Å². The van der Waals surface area contributed by atoms with Gasteiger partial charge in [0.2, 0.25) is 0 Å². The number of benzene rings is 1. The Labute approximate surface area is 129 Å². The molecule has 0 spiro atoms. The van der Waals surface area contributed by atoms with Crippen LogP contribution in [-0.4, -0.2) is 23.9 Å². The molecule has 6 heteroatoms. The lowest BCUT2D eigenvalue weighted by atomic mass is 9.99. The Morgan fingerprint density at radius 1 is 1.27 bits per heavy atom. The Hall–Kier alpha value is -2.11. The molecule has 0 saturated heterocycles. The highest BCUT2D eigenvalue weighted by Gasteiger charge is 2.27. The third-order valence-electron chi connectivity index (χ3n) is 3.86. The normalized spacial score (nSPS) is 15.1. The van der Waals surface area contributed by atoms with Gasteiger partial charge in [-0.3, -0.25) is 14.9 Å². The van der Waals surface area contributed by atoms with E-state index in [1.54, 1.807) is 13.8 Å². The number of carbonyl (C=O) groups excluding carboxylic acids is 1. The molecule has 0 atom stereocenters. The van der Waals surface area contributed by atoms with Gasteiger partial charge >= 0.3 is 0 Å². The first-order chi connectivity index (χ1) is 10.4. The van der Waals surface area contributed by atoms with Crippen LogP contribution in [0.5, 0.6) is 11.5 Å². The molecule has 0 unspecified atom stereocenters. The molecular formula is C16H21NO5. The van der Waals surface area contributed by atoms with Crippen LogP contribution in [0.2, 0.25) is 0 Å². The van der Waals surface area contributed by atoms with E-state index in [0.717, 1.165) is 25.7 Å². The number of hydrogen-bond acceptors (Lipinski definition) is 5. The number of hydrogen-bond donors (Lipinski definition) is 0. The number of rotatable bonds is 6. The van der Waals surface area contributed by atoms with Crippen molar-refractivity contribution < 1.29 is 19.2 Å². The maximum absolute atomic E-state index is 12.2. The van der Waals surface area contributed by atoms with Gasteiger partial charge in [-0.15, -0.1) is 0 Å². The van der Waals surface area contributed by atoms with Crippen molar-refractivity contribution in [3.8, 4) is 11.5 Å². The summed E-state index contributed by atoms with van der Waals surface area (Å²) in [5.41, 5.74) is -0.164. The summed E-state index contributed by atoms with van der Waals surface area (Å²) >= 11 is 0. The Morgan fingerprint density at radius 2 is 1.91 bits per heavy atom. The topological polar surface area (TPSA) is 78.7 Å². The zero-order valence-corrected chi connectivity index (χ0v) is 13.1. The highest BCUT2D eigenvalue weighted by atomic mass is 16.6. The van der Waals surface area contributed by atoms with Crippen molar-refractivity contribution in [2.45, 2.75) is 45.6 Å². The molecule has 1 aromatic rings. The van der Waals surface area contributed by atoms with Crippen LogP contribution in [0.4, 0.5) is 5.69 Å². The summed E-state index contributed by atoms with van der Waals surface area (Å²) in [5, 5.41) is 11.3. The summed E-state index contributed by atoms with van der Waals surface area (Å²) in [6.45, 7) is 3.42. The molecule has 22 heavy (non-hydrogen) atoms. The fourth-order valence-electron chi connectivity index (χ4n) is 2.65. The van der Waals surface area contributed by atoms with Crippen molar-refractivity contribution in [1.29, 1.82) is 0 Å². The molecule has 0 heterocycles. The summed E-state index contributed by atoms with van der Waals surface area (Å²) in [6, 6.07) is 2.73. The minimum absolute atomic E-state index is 0.0557. The highest BCUT2D eigenvalue weighted by Crippen LogP contribution is 2.37. The largest absolute Gasteiger partial charge is 0.493 e. The predicted octanol–water partition coefficient (Wildman–Crippen LogP) is 3.76. The van der Waals surface area contributed by atoms with E-state index in [1.807, 2.05) is 0 Å². The van der Waals surface area contributed by atoms with Gasteiger partial charge in [-0.1, -0.05) is 13.8 Å². The van der Waals surface area contributed by atoms with E-state index < -0.39 is 4.92 Å². The van der Waals surface area contributed by atoms with Gasteiger partial charge < -0.3 is 9.47 Å². The van der Waals surface area contributed by atoms with Crippen molar-refractivity contribution in [1.82, 2.24) is 0 Å². The van der Waals surface area contributed by atoms with Gasteiger partial charge in [-0.05, 0) is 25.7 Å². The number of ether oxygens (including phenoxy) is 2. The Bertz CT molecular complexity index is 576. The summed E-state index contributed by atoms with van der Waals surface area (Å²) in [4.78, 5) is 22.9. The fourth-order valence-corrected chi connectivity index (χ4v) is 2.65. The molecule has 120 valence electrons. The van der Waals surface area contributed by atoms with Crippen LogP contribution in [0.25, 0.3) is 0 Å². The first-order valence-electron chi connectivity index (χ1n) is 7.51. The van der Waals surface area contributed by atoms with E-state index >= 15 is 0 Å². The molecule has 0 N–H and O–H groups in total. The number of carbonyl (C=O) groups is 1. The molecule has 1 saturated carbocycles. The van der Waals surface area contributed by atoms with Crippen LogP contribution < -0.4 is 9.47 Å². The Morgan fingerprint density at radius 3 is 2.41 bits per heavy atom. The molecule has 2 rings (SSSR count). The lowest BCUT2D eigenvalue weighted by Crippen LogP contribution is -2.14. The average Bonchev–Trinajstić information content (AvgIpc) is 2.98. The lowest BCUT2D eigenvalue weighted by molar-refractivity contribution is -0.385. The molecule has 0 radical (unpaired) electrons. The molecule has 1 aliphatic rings. The zero-order chi connectivity index (χ0) is 16.3. The number of nitro groups is 1. The van der Waals surface area contributed by atoms with Crippen LogP contribution in [-0.2, 0) is 0 Å². The Balaban J connectivity index is 2.44. The summed E-state index contributed by atoms with van der Waals surface area (Å²) < 4.78 is 11.1. The van der Waals surface area contributed by atoms with E-state index in [1.165, 1.54) is 19.2 Å². The monoisotopic (exact) mass is 307 g/mol. The molecule has 0 bridgehead atoms. The third kappa shape index (κ3) is 3.37. The molecule has 0 aromatic heterocycles. The number of nitrogens with zero attached hydrogens (tertiary/aromatic N) is 1. The molecule has 6 nitrogen and oxygen atoms in total. The Kier molecular flexibility index (Phi) is 5.00. The van der Waals surface area contributed by atoms with E-state index in [4.69, 9.17) is 9.47 Å². The van der Waals surface area contributed by atoms with Gasteiger partial charge in [0.1, 0.15) is 0 Å². The standard InChI is InChI=1S/C16H21NO5/c1-10(2)16(18)12-8-14(21-3)15(9-13(12)17(19)20)22-11-6-4-5-7-11/h8-11H,4-7H2,1-3H3. The van der Waals surface area contributed by atoms with Crippen molar-refractivity contribution in [2.75, 3.05) is 7.11 Å². The van der Waals surface area contributed by atoms with E-state index in [0.29, 0.717) is 11.5 Å². The summed E-state index contributed by atoms with van der Waals surface area (Å²) in [5.74, 6) is 0.0883. The quantitative estimate of drug-likeness (QED) is 0.454. The van der Waals surface area contributed by atoms with Crippen molar-refractivity contribution in [3.63, 3.8) is 0 Å². The second kappa shape index (κ2) is 6.77. The molecule has 1 fully saturated rings. The van der Waals surface area contributed by atoms with Crippen molar-refractivity contribution in [3.05, 3.63) is 27.8 Å². The number of ketones is 1. The molecule has 1 aromatic carbocycles. The van der Waals surface area contributed by atoms with Gasteiger partial charge in [-0.25, -0.2) is 0 Å². The minimum Gasteiger partial charge on any atom is -0.493 e. The minimum atomic E-state index is -0.545. The van der Waals surface area contributed by atoms with Crippen molar-refractivity contribution >= 4 is 11.5 Å². The lowest BCUT2D eigenvalue weighted by Gasteiger charge is -2.17. The molecule has 0 aliphatic heterocycles. The van der Waals surface area contributed by atoms with E-state index in [2.05, 4.69) is 0 Å². The molecular weight excluding hydrogens is 286 g/mol. The van der Waals surface area contributed by atoms with Crippen LogP contribution in [0.15, 0.2) is 12.1 Å². The fraction of sp³-hybridized carbons (Fsp3) is 0.562. The van der Waals surface area contributed by atoms with E-state index in [9.17, 15) is 14.9 Å². The second-order valence-corrected chi connectivity index (χ2v) is 5.82. The molecule has 0 amide bonds. The van der Waals surface area contributed by atoms with Crippen LogP contribution in [0, 0.1) is 16.0 Å². The number of methoxy groups -OCH3 is 1. The third-order valence-corrected chi connectivity index (χ3v) is 3.86. The van der Waals surface area contributed by atoms with E-state index in [-0.39, 0.29) is 29.1 Å². The van der Waals surface area contributed by atoms with Gasteiger partial charge in [-0.2, -0.15) is 0 Å².